The summed E-state index contributed by atoms with van der Waals surface area (Å²) in [5, 5.41) is 3.46. The lowest BCUT2D eigenvalue weighted by Crippen LogP contribution is -2.46. The summed E-state index contributed by atoms with van der Waals surface area (Å²) in [4.78, 5) is 29.7. The second kappa shape index (κ2) is 9.97. The molecule has 0 radical (unpaired) electrons. The fourth-order valence-corrected chi connectivity index (χ4v) is 3.93. The minimum absolute atomic E-state index is 0. The van der Waals surface area contributed by atoms with Crippen LogP contribution in [-0.4, -0.2) is 43.7 Å². The molecule has 1 saturated heterocycles. The number of nitrogens with zero attached hydrogens (tertiary/aromatic N) is 1. The average molecular weight is 426 g/mol. The standard InChI is InChI=1S/C19H23N3O4S.ClH/c1-25-16(23)14-4-2-3-13(9-14)10-15-11-21-18(27-15)22-17(24)19(12-20)5-7-26-8-6-19;/h2-4,9,11H,5-8,10,12,20H2,1H3,(H,21,22,24);1H. The Morgan fingerprint density at radius 2 is 2.11 bits per heavy atom. The first-order valence-electron chi connectivity index (χ1n) is 8.77. The van der Waals surface area contributed by atoms with Crippen molar-refractivity contribution in [3.8, 4) is 0 Å². The summed E-state index contributed by atoms with van der Waals surface area (Å²) in [5.74, 6) is -0.459. The zero-order valence-corrected chi connectivity index (χ0v) is 17.2. The van der Waals surface area contributed by atoms with Crippen LogP contribution < -0.4 is 11.1 Å². The number of ether oxygens (including phenoxy) is 2. The Balaban J connectivity index is 0.00000280. The maximum absolute atomic E-state index is 12.7. The van der Waals surface area contributed by atoms with Gasteiger partial charge in [0.05, 0.1) is 18.1 Å². The van der Waals surface area contributed by atoms with Crippen molar-refractivity contribution in [1.82, 2.24) is 4.98 Å². The number of esters is 1. The quantitative estimate of drug-likeness (QED) is 0.689. The Morgan fingerprint density at radius 1 is 1.36 bits per heavy atom. The van der Waals surface area contributed by atoms with E-state index >= 15 is 0 Å². The number of carbonyl (C=O) groups excluding carboxylic acids is 2. The summed E-state index contributed by atoms with van der Waals surface area (Å²) in [6, 6.07) is 7.28. The number of aromatic nitrogens is 1. The monoisotopic (exact) mass is 425 g/mol. The molecule has 152 valence electrons. The first-order chi connectivity index (χ1) is 13.1. The molecule has 1 amide bonds. The average Bonchev–Trinajstić information content (AvgIpc) is 3.14. The van der Waals surface area contributed by atoms with E-state index in [-0.39, 0.29) is 24.3 Å². The van der Waals surface area contributed by atoms with Crippen molar-refractivity contribution in [2.75, 3.05) is 32.2 Å². The Bertz CT molecular complexity index is 821. The van der Waals surface area contributed by atoms with Crippen molar-refractivity contribution in [2.45, 2.75) is 19.3 Å². The van der Waals surface area contributed by atoms with Crippen LogP contribution in [0.1, 0.15) is 33.6 Å². The highest BCUT2D eigenvalue weighted by Crippen LogP contribution is 2.32. The topological polar surface area (TPSA) is 104 Å². The van der Waals surface area contributed by atoms with Gasteiger partial charge in [0.25, 0.3) is 0 Å². The smallest absolute Gasteiger partial charge is 0.337 e. The number of nitrogens with two attached hydrogens (primary N) is 1. The highest BCUT2D eigenvalue weighted by molar-refractivity contribution is 7.15. The van der Waals surface area contributed by atoms with Gasteiger partial charge in [0.2, 0.25) is 5.91 Å². The molecular formula is C19H24ClN3O4S. The van der Waals surface area contributed by atoms with E-state index in [2.05, 4.69) is 10.3 Å². The molecular weight excluding hydrogens is 402 g/mol. The summed E-state index contributed by atoms with van der Waals surface area (Å²) in [5.41, 5.74) is 6.78. The molecule has 9 heteroatoms. The fourth-order valence-electron chi connectivity index (χ4n) is 3.09. The predicted molar refractivity (Wildman–Crippen MR) is 110 cm³/mol. The summed E-state index contributed by atoms with van der Waals surface area (Å²) in [7, 11) is 1.36. The van der Waals surface area contributed by atoms with Crippen molar-refractivity contribution in [3.63, 3.8) is 0 Å². The third-order valence-electron chi connectivity index (χ3n) is 4.82. The minimum Gasteiger partial charge on any atom is -0.465 e. The predicted octanol–water partition coefficient (Wildman–Crippen LogP) is 2.64. The van der Waals surface area contributed by atoms with Gasteiger partial charge in [0, 0.05) is 37.3 Å². The van der Waals surface area contributed by atoms with E-state index in [1.165, 1.54) is 18.4 Å². The van der Waals surface area contributed by atoms with E-state index in [0.717, 1.165) is 10.4 Å². The number of halogens is 1. The molecule has 0 spiro atoms. The largest absolute Gasteiger partial charge is 0.465 e. The molecule has 0 aliphatic carbocycles. The molecule has 0 atom stereocenters. The molecule has 0 unspecified atom stereocenters. The van der Waals surface area contributed by atoms with Crippen molar-refractivity contribution in [2.24, 2.45) is 11.1 Å². The van der Waals surface area contributed by atoms with Gasteiger partial charge in [0.15, 0.2) is 5.13 Å². The van der Waals surface area contributed by atoms with Crippen LogP contribution in [0.2, 0.25) is 0 Å². The second-order valence-corrected chi connectivity index (χ2v) is 7.67. The third-order valence-corrected chi connectivity index (χ3v) is 5.74. The molecule has 0 bridgehead atoms. The molecule has 3 N–H and O–H groups in total. The van der Waals surface area contributed by atoms with E-state index in [1.807, 2.05) is 12.1 Å². The van der Waals surface area contributed by atoms with Gasteiger partial charge in [-0.25, -0.2) is 9.78 Å². The number of hydrogen-bond donors (Lipinski definition) is 2. The van der Waals surface area contributed by atoms with Gasteiger partial charge >= 0.3 is 5.97 Å². The van der Waals surface area contributed by atoms with Crippen LogP contribution in [0.3, 0.4) is 0 Å². The number of methoxy groups -OCH3 is 1. The van der Waals surface area contributed by atoms with Crippen LogP contribution in [0.25, 0.3) is 0 Å². The molecule has 1 aliphatic rings. The van der Waals surface area contributed by atoms with E-state index in [1.54, 1.807) is 18.3 Å². The highest BCUT2D eigenvalue weighted by atomic mass is 35.5. The SMILES string of the molecule is COC(=O)c1cccc(Cc2cnc(NC(=O)C3(CN)CCOCC3)s2)c1.Cl. The molecule has 0 saturated carbocycles. The lowest BCUT2D eigenvalue weighted by atomic mass is 9.79. The van der Waals surface area contributed by atoms with Gasteiger partial charge in [-0.05, 0) is 30.5 Å². The molecule has 1 aromatic heterocycles. The number of rotatable bonds is 6. The number of amides is 1. The highest BCUT2D eigenvalue weighted by Gasteiger charge is 2.39. The summed E-state index contributed by atoms with van der Waals surface area (Å²) in [6.07, 6.45) is 3.60. The van der Waals surface area contributed by atoms with E-state index in [9.17, 15) is 9.59 Å². The van der Waals surface area contributed by atoms with Crippen LogP contribution in [0.4, 0.5) is 5.13 Å². The fraction of sp³-hybridized carbons (Fsp3) is 0.421. The lowest BCUT2D eigenvalue weighted by molar-refractivity contribution is -0.130. The van der Waals surface area contributed by atoms with Gasteiger partial charge in [-0.2, -0.15) is 0 Å². The van der Waals surface area contributed by atoms with Crippen molar-refractivity contribution >= 4 is 40.8 Å². The van der Waals surface area contributed by atoms with Gasteiger partial charge in [-0.3, -0.25) is 4.79 Å². The lowest BCUT2D eigenvalue weighted by Gasteiger charge is -2.34. The molecule has 1 aliphatic heterocycles. The summed E-state index contributed by atoms with van der Waals surface area (Å²) >= 11 is 1.42. The summed E-state index contributed by atoms with van der Waals surface area (Å²) in [6.45, 7) is 1.38. The number of hydrogen-bond acceptors (Lipinski definition) is 7. The van der Waals surface area contributed by atoms with Gasteiger partial charge in [0.1, 0.15) is 0 Å². The molecule has 1 aromatic carbocycles. The van der Waals surface area contributed by atoms with Gasteiger partial charge < -0.3 is 20.5 Å². The maximum Gasteiger partial charge on any atom is 0.337 e. The zero-order valence-electron chi connectivity index (χ0n) is 15.6. The first kappa shape index (κ1) is 22.3. The minimum atomic E-state index is -0.584. The third kappa shape index (κ3) is 5.08. The molecule has 2 aromatic rings. The Labute approximate surface area is 174 Å². The molecule has 28 heavy (non-hydrogen) atoms. The van der Waals surface area contributed by atoms with Crippen LogP contribution >= 0.6 is 23.7 Å². The van der Waals surface area contributed by atoms with Crippen LogP contribution in [0.15, 0.2) is 30.5 Å². The Hall–Kier alpha value is -2.00. The number of thiazole rings is 1. The van der Waals surface area contributed by atoms with Crippen molar-refractivity contribution in [3.05, 3.63) is 46.5 Å². The molecule has 1 fully saturated rings. The molecule has 2 heterocycles. The van der Waals surface area contributed by atoms with Crippen LogP contribution in [-0.2, 0) is 20.7 Å². The van der Waals surface area contributed by atoms with Gasteiger partial charge in [-0.15, -0.1) is 23.7 Å². The number of benzene rings is 1. The second-order valence-electron chi connectivity index (χ2n) is 6.55. The van der Waals surface area contributed by atoms with E-state index in [4.69, 9.17) is 15.2 Å². The Morgan fingerprint density at radius 3 is 2.79 bits per heavy atom. The first-order valence-corrected chi connectivity index (χ1v) is 9.59. The maximum atomic E-state index is 12.7. The number of anilines is 1. The van der Waals surface area contributed by atoms with Gasteiger partial charge in [-0.1, -0.05) is 12.1 Å². The number of carbonyl (C=O) groups is 2. The van der Waals surface area contributed by atoms with Crippen molar-refractivity contribution < 1.29 is 19.1 Å². The normalized spacial score (nSPS) is 15.4. The molecule has 7 nitrogen and oxygen atoms in total. The van der Waals surface area contributed by atoms with E-state index in [0.29, 0.717) is 49.7 Å². The zero-order chi connectivity index (χ0) is 19.3. The van der Waals surface area contributed by atoms with E-state index < -0.39 is 5.41 Å². The van der Waals surface area contributed by atoms with Crippen LogP contribution in [0.5, 0.6) is 0 Å². The Kier molecular flexibility index (Phi) is 7.94. The summed E-state index contributed by atoms with van der Waals surface area (Å²) < 4.78 is 10.1. The van der Waals surface area contributed by atoms with Crippen molar-refractivity contribution in [1.29, 1.82) is 0 Å². The number of nitrogens with one attached hydrogen (secondary N) is 1. The molecule has 3 rings (SSSR count). The van der Waals surface area contributed by atoms with Crippen LogP contribution in [0, 0.1) is 5.41 Å².